The summed E-state index contributed by atoms with van der Waals surface area (Å²) in [5.74, 6) is -0.900. The van der Waals surface area contributed by atoms with E-state index in [1.807, 2.05) is 6.07 Å². The second-order valence-electron chi connectivity index (χ2n) is 3.53. The van der Waals surface area contributed by atoms with E-state index in [2.05, 4.69) is 4.98 Å². The monoisotopic (exact) mass is 310 g/mol. The van der Waals surface area contributed by atoms with Gasteiger partial charge in [-0.25, -0.2) is 4.98 Å². The van der Waals surface area contributed by atoms with Crippen molar-refractivity contribution in [3.63, 3.8) is 0 Å². The van der Waals surface area contributed by atoms with Crippen LogP contribution in [0.1, 0.15) is 11.3 Å². The lowest BCUT2D eigenvalue weighted by Crippen LogP contribution is -1.99. The molecule has 0 amide bonds. The molecule has 0 radical (unpaired) electrons. The number of nitrogens with zero attached hydrogens (tertiary/aromatic N) is 2. The van der Waals surface area contributed by atoms with Gasteiger partial charge in [-0.05, 0) is 18.2 Å². The fourth-order valence-corrected chi connectivity index (χ4v) is 3.46. The fraction of sp³-hybridized carbons (Fsp3) is 0.0833. The molecule has 0 atom stereocenters. The molecule has 0 spiro atoms. The van der Waals surface area contributed by atoms with Gasteiger partial charge in [0.05, 0.1) is 22.7 Å². The van der Waals surface area contributed by atoms with E-state index in [4.69, 9.17) is 22.0 Å². The molecule has 19 heavy (non-hydrogen) atoms. The number of halogens is 1. The number of aliphatic carboxylic acids is 1. The summed E-state index contributed by atoms with van der Waals surface area (Å²) in [4.78, 5) is 15.6. The number of carboxylic acid groups (broad SMARTS) is 1. The Kier molecular flexibility index (Phi) is 4.43. The second-order valence-corrected chi connectivity index (χ2v) is 6.12. The van der Waals surface area contributed by atoms with Crippen molar-refractivity contribution < 1.29 is 9.90 Å². The predicted octanol–water partition coefficient (Wildman–Crippen LogP) is 3.45. The zero-order chi connectivity index (χ0) is 13.8. The Hall–Kier alpha value is -1.55. The molecule has 2 aromatic rings. The lowest BCUT2D eigenvalue weighted by molar-refractivity contribution is -0.136. The Morgan fingerprint density at radius 3 is 3.00 bits per heavy atom. The number of nitriles is 1. The summed E-state index contributed by atoms with van der Waals surface area (Å²) < 4.78 is 0.747. The number of benzene rings is 1. The highest BCUT2D eigenvalue weighted by molar-refractivity contribution is 8.01. The highest BCUT2D eigenvalue weighted by Gasteiger charge is 2.08. The first-order valence-corrected chi connectivity index (χ1v) is 7.19. The molecule has 1 aromatic carbocycles. The van der Waals surface area contributed by atoms with Gasteiger partial charge in [0.15, 0.2) is 4.34 Å². The number of rotatable bonds is 4. The topological polar surface area (TPSA) is 74.0 Å². The normalized spacial score (nSPS) is 10.1. The molecule has 4 nitrogen and oxygen atoms in total. The van der Waals surface area contributed by atoms with Crippen molar-refractivity contribution in [3.8, 4) is 6.07 Å². The minimum atomic E-state index is -0.900. The Bertz CT molecular complexity index is 664. The molecule has 0 aliphatic carbocycles. The molecule has 0 saturated heterocycles. The van der Waals surface area contributed by atoms with Crippen molar-refractivity contribution in [2.24, 2.45) is 0 Å². The zero-order valence-corrected chi connectivity index (χ0v) is 11.8. The third-order valence-electron chi connectivity index (χ3n) is 2.13. The molecule has 0 aliphatic rings. The summed E-state index contributed by atoms with van der Waals surface area (Å²) in [6.07, 6.45) is -0.0782. The molecule has 0 fully saturated rings. The van der Waals surface area contributed by atoms with E-state index in [9.17, 15) is 4.79 Å². The Labute approximate surface area is 122 Å². The van der Waals surface area contributed by atoms with Gasteiger partial charge >= 0.3 is 5.97 Å². The average molecular weight is 311 g/mol. The van der Waals surface area contributed by atoms with Crippen LogP contribution in [-0.4, -0.2) is 16.1 Å². The van der Waals surface area contributed by atoms with Gasteiger partial charge in [-0.15, -0.1) is 11.3 Å². The maximum atomic E-state index is 10.6. The quantitative estimate of drug-likeness (QED) is 0.936. The van der Waals surface area contributed by atoms with Crippen molar-refractivity contribution in [1.29, 1.82) is 5.26 Å². The molecule has 7 heteroatoms. The standard InChI is InChI=1S/C12H7ClN2O2S2/c13-10-4-9(2-1-7(10)5-14)19-12-15-8(6-18-12)3-11(16)17/h1-2,4,6H,3H2,(H,16,17). The molecule has 0 unspecified atom stereocenters. The predicted molar refractivity (Wildman–Crippen MR) is 73.7 cm³/mol. The molecule has 1 heterocycles. The van der Waals surface area contributed by atoms with Gasteiger partial charge in [0.2, 0.25) is 0 Å². The van der Waals surface area contributed by atoms with Gasteiger partial charge in [-0.2, -0.15) is 5.26 Å². The van der Waals surface area contributed by atoms with Crippen LogP contribution in [0.25, 0.3) is 0 Å². The lowest BCUT2D eigenvalue weighted by atomic mass is 10.2. The minimum Gasteiger partial charge on any atom is -0.481 e. The van der Waals surface area contributed by atoms with Crippen LogP contribution in [0.3, 0.4) is 0 Å². The molecular formula is C12H7ClN2O2S2. The van der Waals surface area contributed by atoms with E-state index >= 15 is 0 Å². The summed E-state index contributed by atoms with van der Waals surface area (Å²) in [6, 6.07) is 7.12. The fourth-order valence-electron chi connectivity index (χ4n) is 1.32. The summed E-state index contributed by atoms with van der Waals surface area (Å²) in [7, 11) is 0. The van der Waals surface area contributed by atoms with Crippen molar-refractivity contribution in [3.05, 3.63) is 39.9 Å². The number of carboxylic acids is 1. The van der Waals surface area contributed by atoms with Crippen LogP contribution in [0, 0.1) is 11.3 Å². The van der Waals surface area contributed by atoms with Gasteiger partial charge in [0.1, 0.15) is 6.07 Å². The Morgan fingerprint density at radius 2 is 2.37 bits per heavy atom. The molecule has 0 saturated carbocycles. The molecule has 1 N–H and O–H groups in total. The first-order valence-electron chi connectivity index (χ1n) is 5.12. The highest BCUT2D eigenvalue weighted by Crippen LogP contribution is 2.32. The molecule has 96 valence electrons. The molecule has 2 rings (SSSR count). The van der Waals surface area contributed by atoms with Gasteiger partial charge in [-0.1, -0.05) is 23.4 Å². The summed E-state index contributed by atoms with van der Waals surface area (Å²) in [6.45, 7) is 0. The van der Waals surface area contributed by atoms with Crippen LogP contribution in [0.15, 0.2) is 32.8 Å². The number of hydrogen-bond donors (Lipinski definition) is 1. The number of thiazole rings is 1. The van der Waals surface area contributed by atoms with E-state index in [-0.39, 0.29) is 6.42 Å². The van der Waals surface area contributed by atoms with Crippen LogP contribution in [0.4, 0.5) is 0 Å². The first kappa shape index (κ1) is 13.9. The highest BCUT2D eigenvalue weighted by atomic mass is 35.5. The molecule has 0 aliphatic heterocycles. The van der Waals surface area contributed by atoms with Crippen molar-refractivity contribution in [2.45, 2.75) is 15.7 Å². The third kappa shape index (κ3) is 3.70. The van der Waals surface area contributed by atoms with Gasteiger partial charge in [0.25, 0.3) is 0 Å². The van der Waals surface area contributed by atoms with E-state index in [0.29, 0.717) is 16.3 Å². The van der Waals surface area contributed by atoms with Crippen molar-refractivity contribution >= 4 is 40.7 Å². The van der Waals surface area contributed by atoms with E-state index in [1.165, 1.54) is 23.1 Å². The van der Waals surface area contributed by atoms with E-state index in [1.54, 1.807) is 23.6 Å². The van der Waals surface area contributed by atoms with Gasteiger partial charge in [-0.3, -0.25) is 4.79 Å². The SMILES string of the molecule is N#Cc1ccc(Sc2nc(CC(=O)O)cs2)cc1Cl. The second kappa shape index (κ2) is 6.06. The zero-order valence-electron chi connectivity index (χ0n) is 9.46. The van der Waals surface area contributed by atoms with Crippen LogP contribution in [0.5, 0.6) is 0 Å². The van der Waals surface area contributed by atoms with E-state index < -0.39 is 5.97 Å². The maximum absolute atomic E-state index is 10.6. The van der Waals surface area contributed by atoms with E-state index in [0.717, 1.165) is 9.24 Å². The molecule has 0 bridgehead atoms. The number of carbonyl (C=O) groups is 1. The van der Waals surface area contributed by atoms with Crippen LogP contribution in [-0.2, 0) is 11.2 Å². The molecular weight excluding hydrogens is 304 g/mol. The van der Waals surface area contributed by atoms with Crippen LogP contribution < -0.4 is 0 Å². The summed E-state index contributed by atoms with van der Waals surface area (Å²) in [5.41, 5.74) is 0.969. The van der Waals surface area contributed by atoms with Gasteiger partial charge in [0, 0.05) is 10.3 Å². The van der Waals surface area contributed by atoms with Crippen molar-refractivity contribution in [2.75, 3.05) is 0 Å². The minimum absolute atomic E-state index is 0.0782. The number of aromatic nitrogens is 1. The smallest absolute Gasteiger partial charge is 0.309 e. The maximum Gasteiger partial charge on any atom is 0.309 e. The Morgan fingerprint density at radius 1 is 1.58 bits per heavy atom. The van der Waals surface area contributed by atoms with Crippen LogP contribution in [0.2, 0.25) is 5.02 Å². The van der Waals surface area contributed by atoms with Gasteiger partial charge < -0.3 is 5.11 Å². The number of hydrogen-bond acceptors (Lipinski definition) is 5. The third-order valence-corrected chi connectivity index (χ3v) is 4.42. The first-order chi connectivity index (χ1) is 9.08. The largest absolute Gasteiger partial charge is 0.481 e. The average Bonchev–Trinajstić information content (AvgIpc) is 2.76. The van der Waals surface area contributed by atoms with Crippen molar-refractivity contribution in [1.82, 2.24) is 4.98 Å². The Balaban J connectivity index is 2.13. The summed E-state index contributed by atoms with van der Waals surface area (Å²) >= 11 is 8.71. The lowest BCUT2D eigenvalue weighted by Gasteiger charge is -1.99. The summed E-state index contributed by atoms with van der Waals surface area (Å²) in [5, 5.41) is 19.6. The molecule has 1 aromatic heterocycles. The van der Waals surface area contributed by atoms with Crippen LogP contribution >= 0.6 is 34.7 Å².